The number of halogens is 2. The molecular formula is C16H21Cl2NOZr. The van der Waals surface area contributed by atoms with Crippen LogP contribution in [0.4, 0.5) is 0 Å². The minimum atomic E-state index is -0.826. The first-order valence-electron chi connectivity index (χ1n) is 7.43. The van der Waals surface area contributed by atoms with E-state index < -0.39 is 20.8 Å². The Kier molecular flexibility index (Phi) is 7.25. The third-order valence-electron chi connectivity index (χ3n) is 4.66. The van der Waals surface area contributed by atoms with Crippen LogP contribution < -0.4 is 0 Å². The molecule has 0 saturated heterocycles. The molecule has 0 heterocycles. The maximum atomic E-state index is 9.94. The molecule has 0 spiro atoms. The Bertz CT molecular complexity index is 483. The van der Waals surface area contributed by atoms with Crippen LogP contribution in [0.25, 0.3) is 0 Å². The normalized spacial score (nSPS) is 27.3. The number of aromatic hydroxyl groups is 1. The van der Waals surface area contributed by atoms with Crippen molar-refractivity contribution in [3.8, 4) is 5.75 Å². The first-order chi connectivity index (χ1) is 10.2. The van der Waals surface area contributed by atoms with Gasteiger partial charge in [0.25, 0.3) is 0 Å². The predicted octanol–water partition coefficient (Wildman–Crippen LogP) is 5.07. The van der Waals surface area contributed by atoms with Gasteiger partial charge in [-0.1, -0.05) is 31.4 Å². The number of benzene rings is 1. The molecule has 5 heteroatoms. The molecule has 1 N–H and O–H groups in total. The number of phenolic OH excluding ortho intramolecular Hbond substituents is 1. The van der Waals surface area contributed by atoms with Gasteiger partial charge in [0.2, 0.25) is 0 Å². The van der Waals surface area contributed by atoms with Crippen LogP contribution in [0.15, 0.2) is 23.2 Å². The molecule has 0 amide bonds. The van der Waals surface area contributed by atoms with E-state index >= 15 is 0 Å². The van der Waals surface area contributed by atoms with Crippen molar-refractivity contribution in [3.63, 3.8) is 0 Å². The minimum absolute atomic E-state index is 0.374. The summed E-state index contributed by atoms with van der Waals surface area (Å²) >= 11 is -0.826. The van der Waals surface area contributed by atoms with Gasteiger partial charge >= 0.3 is 37.9 Å². The van der Waals surface area contributed by atoms with Crippen LogP contribution in [-0.4, -0.2) is 17.4 Å². The van der Waals surface area contributed by atoms with E-state index in [1.807, 2.05) is 31.3 Å². The molecule has 1 aromatic rings. The summed E-state index contributed by atoms with van der Waals surface area (Å²) in [7, 11) is 9.87. The molecule has 2 nitrogen and oxygen atoms in total. The Balaban J connectivity index is 0.000000497. The van der Waals surface area contributed by atoms with Crippen molar-refractivity contribution in [1.82, 2.24) is 0 Å². The van der Waals surface area contributed by atoms with E-state index in [1.54, 1.807) is 0 Å². The van der Waals surface area contributed by atoms with Crippen molar-refractivity contribution in [2.45, 2.75) is 45.1 Å². The molecule has 3 rings (SSSR count). The molecule has 2 saturated carbocycles. The second-order valence-electron chi connectivity index (χ2n) is 5.94. The molecular weight excluding hydrogens is 384 g/mol. The van der Waals surface area contributed by atoms with E-state index in [2.05, 4.69) is 0 Å². The summed E-state index contributed by atoms with van der Waals surface area (Å²) in [4.78, 5) is 4.69. The number of hydrogen-bond acceptors (Lipinski definition) is 2. The molecule has 2 unspecified atom stereocenters. The van der Waals surface area contributed by atoms with Crippen molar-refractivity contribution in [1.29, 1.82) is 0 Å². The average Bonchev–Trinajstić information content (AvgIpc) is 3.02. The van der Waals surface area contributed by atoms with Crippen LogP contribution >= 0.6 is 17.0 Å². The monoisotopic (exact) mass is 403 g/mol. The standard InChI is InChI=1S/C16H21NO.2ClH.Zr/c1-11-4-2-7-14(16(11)18)10-17-15-8-12-5-3-6-13(12)9-15;;;/h2,4,7,10,12-13,15,18H,3,5-6,8-9H2,1H3;2*1H;/q;;;+2/p-2. The Labute approximate surface area is 145 Å². The Morgan fingerprint density at radius 2 is 1.86 bits per heavy atom. The third-order valence-corrected chi connectivity index (χ3v) is 4.66. The summed E-state index contributed by atoms with van der Waals surface area (Å²) in [6, 6.07) is 6.31. The Hall–Kier alpha value is 0.153. The van der Waals surface area contributed by atoms with Crippen molar-refractivity contribution in [3.05, 3.63) is 29.3 Å². The number of rotatable bonds is 2. The Morgan fingerprint density at radius 3 is 2.48 bits per heavy atom. The molecule has 114 valence electrons. The number of fused-ring (bicyclic) bond motifs is 1. The van der Waals surface area contributed by atoms with E-state index in [0.717, 1.165) is 23.0 Å². The number of para-hydroxylation sites is 1. The zero-order chi connectivity index (χ0) is 15.2. The first-order valence-corrected chi connectivity index (χ1v) is 13.8. The van der Waals surface area contributed by atoms with Gasteiger partial charge < -0.3 is 5.11 Å². The summed E-state index contributed by atoms with van der Waals surface area (Å²) in [5, 5.41) is 9.94. The Morgan fingerprint density at radius 1 is 1.24 bits per heavy atom. The summed E-state index contributed by atoms with van der Waals surface area (Å²) < 4.78 is 0. The van der Waals surface area contributed by atoms with Gasteiger partial charge in [-0.3, -0.25) is 4.99 Å². The van der Waals surface area contributed by atoms with Gasteiger partial charge in [-0.15, -0.1) is 0 Å². The van der Waals surface area contributed by atoms with E-state index in [0.29, 0.717) is 11.8 Å². The molecule has 1 aromatic carbocycles. The topological polar surface area (TPSA) is 32.6 Å². The molecule has 0 aromatic heterocycles. The van der Waals surface area contributed by atoms with Crippen LogP contribution in [0, 0.1) is 18.8 Å². The van der Waals surface area contributed by atoms with Gasteiger partial charge in [0.15, 0.2) is 0 Å². The summed E-state index contributed by atoms with van der Waals surface area (Å²) in [6.45, 7) is 1.92. The zero-order valence-electron chi connectivity index (χ0n) is 12.2. The fraction of sp³-hybridized carbons (Fsp3) is 0.562. The van der Waals surface area contributed by atoms with Crippen molar-refractivity contribution in [2.75, 3.05) is 0 Å². The van der Waals surface area contributed by atoms with Gasteiger partial charge in [0, 0.05) is 11.8 Å². The molecule has 0 bridgehead atoms. The van der Waals surface area contributed by atoms with E-state index in [4.69, 9.17) is 22.0 Å². The number of hydrogen-bond donors (Lipinski definition) is 1. The summed E-state index contributed by atoms with van der Waals surface area (Å²) in [6.07, 6.45) is 8.62. The molecule has 2 atom stereocenters. The van der Waals surface area contributed by atoms with Gasteiger partial charge in [0.05, 0.1) is 6.04 Å². The van der Waals surface area contributed by atoms with E-state index in [9.17, 15) is 5.11 Å². The van der Waals surface area contributed by atoms with E-state index in [1.165, 1.54) is 32.1 Å². The van der Waals surface area contributed by atoms with Gasteiger partial charge in [-0.25, -0.2) is 0 Å². The molecule has 2 fully saturated rings. The van der Waals surface area contributed by atoms with Crippen LogP contribution in [-0.2, 0) is 20.8 Å². The fourth-order valence-electron chi connectivity index (χ4n) is 3.62. The molecule has 0 aliphatic heterocycles. The SMILES string of the molecule is Cc1cccc(C=NC2CC3CCCC3C2)c1O.[Cl][Zr][Cl]. The number of aryl methyl sites for hydroxylation is 1. The summed E-state index contributed by atoms with van der Waals surface area (Å²) in [5.41, 5.74) is 1.77. The first kappa shape index (κ1) is 17.5. The third kappa shape index (κ3) is 4.81. The van der Waals surface area contributed by atoms with Crippen molar-refractivity contribution >= 4 is 23.2 Å². The quantitative estimate of drug-likeness (QED) is 0.684. The maximum absolute atomic E-state index is 9.94. The second-order valence-corrected chi connectivity index (χ2v) is 9.67. The van der Waals surface area contributed by atoms with Crippen LogP contribution in [0.1, 0.15) is 43.2 Å². The predicted molar refractivity (Wildman–Crippen MR) is 86.0 cm³/mol. The molecule has 2 aliphatic carbocycles. The van der Waals surface area contributed by atoms with E-state index in [-0.39, 0.29) is 0 Å². The van der Waals surface area contributed by atoms with Crippen LogP contribution in [0.5, 0.6) is 5.75 Å². The van der Waals surface area contributed by atoms with Gasteiger partial charge in [0.1, 0.15) is 5.75 Å². The van der Waals surface area contributed by atoms with Gasteiger partial charge in [-0.2, -0.15) is 0 Å². The summed E-state index contributed by atoms with van der Waals surface area (Å²) in [5.74, 6) is 2.23. The molecule has 0 radical (unpaired) electrons. The van der Waals surface area contributed by atoms with Crippen LogP contribution in [0.2, 0.25) is 0 Å². The fourth-order valence-corrected chi connectivity index (χ4v) is 3.62. The van der Waals surface area contributed by atoms with Gasteiger partial charge in [-0.05, 0) is 43.2 Å². The zero-order valence-corrected chi connectivity index (χ0v) is 16.2. The second kappa shape index (κ2) is 8.70. The van der Waals surface area contributed by atoms with Crippen LogP contribution in [0.3, 0.4) is 0 Å². The molecule has 2 aliphatic rings. The number of aliphatic imine (C=N–C) groups is 1. The number of phenols is 1. The average molecular weight is 405 g/mol. The molecule has 21 heavy (non-hydrogen) atoms. The van der Waals surface area contributed by atoms with Crippen molar-refractivity contribution < 1.29 is 26.0 Å². The van der Waals surface area contributed by atoms with Crippen molar-refractivity contribution in [2.24, 2.45) is 16.8 Å². The number of nitrogens with zero attached hydrogens (tertiary/aromatic N) is 1.